The number of hydrogen-bond acceptors (Lipinski definition) is 3. The number of aryl methyl sites for hydroxylation is 1. The average molecular weight is 246 g/mol. The first kappa shape index (κ1) is 12.6. The summed E-state index contributed by atoms with van der Waals surface area (Å²) >= 11 is 0. The molecule has 2 aromatic rings. The number of methoxy groups -OCH3 is 1. The van der Waals surface area contributed by atoms with Gasteiger partial charge >= 0.3 is 5.97 Å². The van der Waals surface area contributed by atoms with Gasteiger partial charge in [-0.3, -0.25) is 9.78 Å². The van der Waals surface area contributed by atoms with Crippen LogP contribution in [0.5, 0.6) is 0 Å². The summed E-state index contributed by atoms with van der Waals surface area (Å²) in [7, 11) is 1.42. The summed E-state index contributed by atoms with van der Waals surface area (Å²) in [5.74, 6) is -0.204. The third-order valence-corrected chi connectivity index (χ3v) is 3.11. The van der Waals surface area contributed by atoms with Crippen LogP contribution < -0.4 is 0 Å². The van der Waals surface area contributed by atoms with Crippen molar-refractivity contribution in [2.24, 2.45) is 5.41 Å². The van der Waals surface area contributed by atoms with Gasteiger partial charge in [-0.05, 0) is 44.9 Å². The fourth-order valence-corrected chi connectivity index (χ4v) is 2.11. The molecule has 0 unspecified atom stereocenters. The lowest BCUT2D eigenvalue weighted by Crippen LogP contribution is -2.27. The van der Waals surface area contributed by atoms with Crippen LogP contribution in [-0.4, -0.2) is 23.0 Å². The standard InChI is InChI=1S/C14H18N2O2/c1-9-5-6-11-12(16-9)10(8-15-11)7-14(2,3)13(17)18-4/h5-6,8,15H,7H2,1-4H3. The zero-order valence-corrected chi connectivity index (χ0v) is 11.2. The molecule has 2 aromatic heterocycles. The summed E-state index contributed by atoms with van der Waals surface area (Å²) in [6.07, 6.45) is 2.53. The molecule has 0 saturated carbocycles. The number of nitrogens with one attached hydrogen (secondary N) is 1. The molecule has 0 atom stereocenters. The maximum atomic E-state index is 11.7. The number of aromatic amines is 1. The van der Waals surface area contributed by atoms with Crippen molar-refractivity contribution in [3.05, 3.63) is 29.6 Å². The number of nitrogens with zero attached hydrogens (tertiary/aromatic N) is 1. The molecule has 0 aliphatic carbocycles. The zero-order chi connectivity index (χ0) is 13.3. The van der Waals surface area contributed by atoms with E-state index >= 15 is 0 Å². The monoisotopic (exact) mass is 246 g/mol. The van der Waals surface area contributed by atoms with E-state index in [1.165, 1.54) is 7.11 Å². The van der Waals surface area contributed by atoms with E-state index in [2.05, 4.69) is 9.97 Å². The smallest absolute Gasteiger partial charge is 0.311 e. The zero-order valence-electron chi connectivity index (χ0n) is 11.2. The van der Waals surface area contributed by atoms with Crippen LogP contribution in [-0.2, 0) is 16.0 Å². The number of esters is 1. The number of hydrogen-bond donors (Lipinski definition) is 1. The minimum atomic E-state index is -0.546. The lowest BCUT2D eigenvalue weighted by Gasteiger charge is -2.20. The fourth-order valence-electron chi connectivity index (χ4n) is 2.11. The molecular weight excluding hydrogens is 228 g/mol. The highest BCUT2D eigenvalue weighted by Crippen LogP contribution is 2.27. The highest BCUT2D eigenvalue weighted by Gasteiger charge is 2.30. The number of pyridine rings is 1. The minimum absolute atomic E-state index is 0.204. The van der Waals surface area contributed by atoms with E-state index in [0.29, 0.717) is 6.42 Å². The normalized spacial score (nSPS) is 11.8. The van der Waals surface area contributed by atoms with Crippen molar-refractivity contribution in [3.8, 4) is 0 Å². The maximum Gasteiger partial charge on any atom is 0.311 e. The molecule has 0 aromatic carbocycles. The molecule has 4 heteroatoms. The first-order chi connectivity index (χ1) is 8.44. The highest BCUT2D eigenvalue weighted by atomic mass is 16.5. The third-order valence-electron chi connectivity index (χ3n) is 3.11. The Bertz CT molecular complexity index is 584. The van der Waals surface area contributed by atoms with E-state index in [9.17, 15) is 4.79 Å². The molecule has 1 N–H and O–H groups in total. The molecule has 0 spiro atoms. The molecule has 0 fully saturated rings. The number of H-pyrrole nitrogens is 1. The van der Waals surface area contributed by atoms with Gasteiger partial charge in [0.05, 0.1) is 23.6 Å². The summed E-state index contributed by atoms with van der Waals surface area (Å²) in [5.41, 5.74) is 3.40. The van der Waals surface area contributed by atoms with E-state index in [1.807, 2.05) is 39.1 Å². The van der Waals surface area contributed by atoms with Gasteiger partial charge in [-0.25, -0.2) is 0 Å². The number of fused-ring (bicyclic) bond motifs is 1. The summed E-state index contributed by atoms with van der Waals surface area (Å²) in [5, 5.41) is 0. The third kappa shape index (κ3) is 2.23. The molecule has 0 aliphatic rings. The Morgan fingerprint density at radius 1 is 1.44 bits per heavy atom. The maximum absolute atomic E-state index is 11.7. The molecule has 96 valence electrons. The van der Waals surface area contributed by atoms with Crippen molar-refractivity contribution < 1.29 is 9.53 Å². The molecule has 2 heterocycles. The second-order valence-electron chi connectivity index (χ2n) is 5.21. The van der Waals surface area contributed by atoms with Gasteiger partial charge in [0, 0.05) is 11.9 Å². The van der Waals surface area contributed by atoms with E-state index in [1.54, 1.807) is 0 Å². The van der Waals surface area contributed by atoms with Gasteiger partial charge in [0.25, 0.3) is 0 Å². The fraction of sp³-hybridized carbons (Fsp3) is 0.429. The number of rotatable bonds is 3. The van der Waals surface area contributed by atoms with Gasteiger partial charge in [0.2, 0.25) is 0 Å². The van der Waals surface area contributed by atoms with E-state index < -0.39 is 5.41 Å². The largest absolute Gasteiger partial charge is 0.469 e. The lowest BCUT2D eigenvalue weighted by molar-refractivity contribution is -0.150. The molecular formula is C14H18N2O2. The minimum Gasteiger partial charge on any atom is -0.469 e. The van der Waals surface area contributed by atoms with Crippen LogP contribution in [0.1, 0.15) is 25.1 Å². The Morgan fingerprint density at radius 3 is 2.83 bits per heavy atom. The molecule has 0 aliphatic heterocycles. The second-order valence-corrected chi connectivity index (χ2v) is 5.21. The summed E-state index contributed by atoms with van der Waals surface area (Å²) < 4.78 is 4.83. The number of carbonyl (C=O) groups excluding carboxylic acids is 1. The summed E-state index contributed by atoms with van der Waals surface area (Å²) in [4.78, 5) is 19.4. The molecule has 0 amide bonds. The molecule has 0 radical (unpaired) electrons. The first-order valence-corrected chi connectivity index (χ1v) is 5.96. The van der Waals surface area contributed by atoms with Gasteiger partial charge in [-0.2, -0.15) is 0 Å². The van der Waals surface area contributed by atoms with Gasteiger partial charge in [-0.15, -0.1) is 0 Å². The quantitative estimate of drug-likeness (QED) is 0.847. The molecule has 2 rings (SSSR count). The van der Waals surface area contributed by atoms with Crippen LogP contribution >= 0.6 is 0 Å². The summed E-state index contributed by atoms with van der Waals surface area (Å²) in [6.45, 7) is 5.72. The Balaban J connectivity index is 2.37. The van der Waals surface area contributed by atoms with Crippen molar-refractivity contribution in [2.45, 2.75) is 27.2 Å². The van der Waals surface area contributed by atoms with Crippen molar-refractivity contribution in [1.29, 1.82) is 0 Å². The van der Waals surface area contributed by atoms with Crippen LogP contribution in [0, 0.1) is 12.3 Å². The predicted octanol–water partition coefficient (Wildman–Crippen LogP) is 2.61. The van der Waals surface area contributed by atoms with Crippen LogP contribution in [0.2, 0.25) is 0 Å². The van der Waals surface area contributed by atoms with Crippen molar-refractivity contribution in [2.75, 3.05) is 7.11 Å². The first-order valence-electron chi connectivity index (χ1n) is 5.96. The van der Waals surface area contributed by atoms with Gasteiger partial charge in [-0.1, -0.05) is 0 Å². The Morgan fingerprint density at radius 2 is 2.17 bits per heavy atom. The summed E-state index contributed by atoms with van der Waals surface area (Å²) in [6, 6.07) is 3.97. The van der Waals surface area contributed by atoms with Crippen LogP contribution in [0.4, 0.5) is 0 Å². The van der Waals surface area contributed by atoms with Crippen LogP contribution in [0.25, 0.3) is 11.0 Å². The Hall–Kier alpha value is -1.84. The molecule has 4 nitrogen and oxygen atoms in total. The van der Waals surface area contributed by atoms with Crippen LogP contribution in [0.15, 0.2) is 18.3 Å². The van der Waals surface area contributed by atoms with E-state index in [0.717, 1.165) is 22.3 Å². The topological polar surface area (TPSA) is 55.0 Å². The SMILES string of the molecule is COC(=O)C(C)(C)Cc1c[nH]c2ccc(C)nc12. The molecule has 0 saturated heterocycles. The van der Waals surface area contributed by atoms with E-state index in [-0.39, 0.29) is 5.97 Å². The van der Waals surface area contributed by atoms with Crippen molar-refractivity contribution >= 4 is 17.0 Å². The van der Waals surface area contributed by atoms with Crippen molar-refractivity contribution in [1.82, 2.24) is 9.97 Å². The Labute approximate surface area is 106 Å². The van der Waals surface area contributed by atoms with Gasteiger partial charge in [0.15, 0.2) is 0 Å². The highest BCUT2D eigenvalue weighted by molar-refractivity contribution is 5.81. The predicted molar refractivity (Wildman–Crippen MR) is 70.3 cm³/mol. The van der Waals surface area contributed by atoms with Gasteiger partial charge in [0.1, 0.15) is 0 Å². The molecule has 18 heavy (non-hydrogen) atoms. The van der Waals surface area contributed by atoms with Crippen LogP contribution in [0.3, 0.4) is 0 Å². The number of ether oxygens (including phenoxy) is 1. The lowest BCUT2D eigenvalue weighted by atomic mass is 9.86. The van der Waals surface area contributed by atoms with Crippen molar-refractivity contribution in [3.63, 3.8) is 0 Å². The molecule has 0 bridgehead atoms. The number of carbonyl (C=O) groups is 1. The Kier molecular flexibility index (Phi) is 3.11. The van der Waals surface area contributed by atoms with Gasteiger partial charge < -0.3 is 9.72 Å². The average Bonchev–Trinajstić information content (AvgIpc) is 2.70. The van der Waals surface area contributed by atoms with E-state index in [4.69, 9.17) is 4.74 Å². The number of aromatic nitrogens is 2. The second kappa shape index (κ2) is 4.44.